The van der Waals surface area contributed by atoms with Crippen molar-refractivity contribution in [3.05, 3.63) is 35.9 Å². The van der Waals surface area contributed by atoms with Gasteiger partial charge in [0.2, 0.25) is 10.0 Å². The Morgan fingerprint density at radius 1 is 1.24 bits per heavy atom. The molecule has 0 spiro atoms. The van der Waals surface area contributed by atoms with Crippen LogP contribution in [0.4, 0.5) is 5.69 Å². The second kappa shape index (κ2) is 6.17. The van der Waals surface area contributed by atoms with Crippen molar-refractivity contribution in [2.24, 2.45) is 0 Å². The summed E-state index contributed by atoms with van der Waals surface area (Å²) in [6, 6.07) is 7.22. The van der Waals surface area contributed by atoms with Crippen LogP contribution in [0.3, 0.4) is 0 Å². The van der Waals surface area contributed by atoms with Gasteiger partial charge in [-0.1, -0.05) is 23.8 Å². The smallest absolute Gasteiger partial charge is 0.242 e. The van der Waals surface area contributed by atoms with Crippen LogP contribution >= 0.6 is 0 Å². The van der Waals surface area contributed by atoms with E-state index in [1.807, 2.05) is 12.1 Å². The van der Waals surface area contributed by atoms with Gasteiger partial charge < -0.3 is 10.6 Å². The van der Waals surface area contributed by atoms with E-state index in [0.29, 0.717) is 17.1 Å². The van der Waals surface area contributed by atoms with Crippen molar-refractivity contribution in [2.75, 3.05) is 25.0 Å². The Kier molecular flexibility index (Phi) is 4.28. The van der Waals surface area contributed by atoms with Gasteiger partial charge in [0.15, 0.2) is 0 Å². The average Bonchev–Trinajstić information content (AvgIpc) is 3.30. The minimum atomic E-state index is -3.42. The van der Waals surface area contributed by atoms with Crippen molar-refractivity contribution in [3.8, 4) is 0 Å². The van der Waals surface area contributed by atoms with Gasteiger partial charge in [-0.05, 0) is 37.9 Å². The molecule has 5 nitrogen and oxygen atoms in total. The van der Waals surface area contributed by atoms with Crippen LogP contribution in [0.25, 0.3) is 0 Å². The molecule has 0 amide bonds. The van der Waals surface area contributed by atoms with Gasteiger partial charge in [-0.25, -0.2) is 13.1 Å². The molecule has 6 heteroatoms. The molecule has 3 N–H and O–H groups in total. The van der Waals surface area contributed by atoms with Crippen LogP contribution in [-0.2, 0) is 10.0 Å². The summed E-state index contributed by atoms with van der Waals surface area (Å²) in [5, 5.41) is 6.53. The molecule has 2 aliphatic rings. The third-order valence-corrected chi connectivity index (χ3v) is 5.32. The summed E-state index contributed by atoms with van der Waals surface area (Å²) in [5.74, 6) is 0. The van der Waals surface area contributed by atoms with E-state index in [9.17, 15) is 8.42 Å². The lowest BCUT2D eigenvalue weighted by Crippen LogP contribution is -2.27. The Hall–Kier alpha value is -1.37. The molecule has 1 aromatic carbocycles. The van der Waals surface area contributed by atoms with Gasteiger partial charge in [-0.2, -0.15) is 0 Å². The van der Waals surface area contributed by atoms with Crippen LogP contribution in [0.5, 0.6) is 0 Å². The molecular weight excluding hydrogens is 286 g/mol. The average molecular weight is 307 g/mol. The van der Waals surface area contributed by atoms with Gasteiger partial charge in [-0.3, -0.25) is 0 Å². The maximum absolute atomic E-state index is 12.4. The van der Waals surface area contributed by atoms with E-state index in [1.54, 1.807) is 12.1 Å². The molecule has 0 unspecified atom stereocenters. The predicted octanol–water partition coefficient (Wildman–Crippen LogP) is 1.46. The van der Waals surface area contributed by atoms with E-state index < -0.39 is 10.0 Å². The highest BCUT2D eigenvalue weighted by Crippen LogP contribution is 2.26. The first kappa shape index (κ1) is 14.6. The molecule has 1 heterocycles. The molecule has 1 aromatic rings. The molecule has 1 aliphatic heterocycles. The third-order valence-electron chi connectivity index (χ3n) is 3.74. The van der Waals surface area contributed by atoms with Crippen LogP contribution in [0.2, 0.25) is 0 Å². The molecule has 1 aliphatic carbocycles. The van der Waals surface area contributed by atoms with Crippen LogP contribution in [0, 0.1) is 0 Å². The number of nitrogens with one attached hydrogen (secondary N) is 3. The van der Waals surface area contributed by atoms with Crippen molar-refractivity contribution in [1.82, 2.24) is 10.0 Å². The zero-order valence-corrected chi connectivity index (χ0v) is 12.7. The van der Waals surface area contributed by atoms with Gasteiger partial charge in [0.1, 0.15) is 4.90 Å². The maximum Gasteiger partial charge on any atom is 0.242 e. The van der Waals surface area contributed by atoms with Gasteiger partial charge in [0.05, 0.1) is 5.69 Å². The number of anilines is 1. The quantitative estimate of drug-likeness (QED) is 0.696. The Labute approximate surface area is 125 Å². The Morgan fingerprint density at radius 2 is 2.05 bits per heavy atom. The molecule has 0 saturated heterocycles. The van der Waals surface area contributed by atoms with Crippen molar-refractivity contribution in [1.29, 1.82) is 0 Å². The Balaban J connectivity index is 1.74. The Bertz CT molecular complexity index is 636. The number of benzene rings is 1. The SMILES string of the molecule is O=S(=O)(NC1CC1)c1ccccc1NCC1=CCNCC1. The lowest BCUT2D eigenvalue weighted by molar-refractivity contribution is 0.581. The number of hydrogen-bond donors (Lipinski definition) is 3. The number of sulfonamides is 1. The highest BCUT2D eigenvalue weighted by Gasteiger charge is 2.29. The highest BCUT2D eigenvalue weighted by atomic mass is 32.2. The van der Waals surface area contributed by atoms with Gasteiger partial charge in [0, 0.05) is 19.1 Å². The van der Waals surface area contributed by atoms with Gasteiger partial charge >= 0.3 is 0 Å². The summed E-state index contributed by atoms with van der Waals surface area (Å²) >= 11 is 0. The van der Waals surface area contributed by atoms with Crippen LogP contribution in [0.15, 0.2) is 40.8 Å². The number of hydrogen-bond acceptors (Lipinski definition) is 4. The lowest BCUT2D eigenvalue weighted by atomic mass is 10.1. The molecule has 0 bridgehead atoms. The summed E-state index contributed by atoms with van der Waals surface area (Å²) in [6.45, 7) is 2.56. The summed E-state index contributed by atoms with van der Waals surface area (Å²) in [7, 11) is -3.42. The number of para-hydroxylation sites is 1. The Morgan fingerprint density at radius 3 is 2.76 bits per heavy atom. The normalized spacial score (nSPS) is 19.1. The van der Waals surface area contributed by atoms with Crippen LogP contribution in [-0.4, -0.2) is 34.1 Å². The zero-order chi connectivity index (χ0) is 14.7. The van der Waals surface area contributed by atoms with Gasteiger partial charge in [-0.15, -0.1) is 0 Å². The molecule has 3 rings (SSSR count). The first-order chi connectivity index (χ1) is 10.1. The molecule has 0 radical (unpaired) electrons. The monoisotopic (exact) mass is 307 g/mol. The minimum Gasteiger partial charge on any atom is -0.380 e. The van der Waals surface area contributed by atoms with E-state index >= 15 is 0 Å². The fourth-order valence-electron chi connectivity index (χ4n) is 2.37. The topological polar surface area (TPSA) is 70.2 Å². The fraction of sp³-hybridized carbons (Fsp3) is 0.467. The van der Waals surface area contributed by atoms with Crippen LogP contribution < -0.4 is 15.4 Å². The van der Waals surface area contributed by atoms with Crippen molar-refractivity contribution >= 4 is 15.7 Å². The first-order valence-corrected chi connectivity index (χ1v) is 8.87. The number of rotatable bonds is 6. The second-order valence-corrected chi connectivity index (χ2v) is 7.24. The summed E-state index contributed by atoms with van der Waals surface area (Å²) in [6.07, 6.45) is 5.04. The van der Waals surface area contributed by atoms with Crippen molar-refractivity contribution in [3.63, 3.8) is 0 Å². The zero-order valence-electron chi connectivity index (χ0n) is 11.9. The first-order valence-electron chi connectivity index (χ1n) is 7.39. The van der Waals surface area contributed by atoms with E-state index in [-0.39, 0.29) is 6.04 Å². The standard InChI is InChI=1S/C15H21N3O2S/c19-21(20,18-13-5-6-13)15-4-2-1-3-14(15)17-11-12-7-9-16-10-8-12/h1-4,7,13,16-18H,5-6,8-11H2. The van der Waals surface area contributed by atoms with Crippen molar-refractivity contribution in [2.45, 2.75) is 30.2 Å². The highest BCUT2D eigenvalue weighted by molar-refractivity contribution is 7.89. The van der Waals surface area contributed by atoms with E-state index in [1.165, 1.54) is 5.57 Å². The molecule has 114 valence electrons. The summed E-state index contributed by atoms with van der Waals surface area (Å²) in [5.41, 5.74) is 1.99. The van der Waals surface area contributed by atoms with E-state index in [0.717, 1.165) is 32.4 Å². The lowest BCUT2D eigenvalue weighted by Gasteiger charge is -2.17. The maximum atomic E-state index is 12.4. The van der Waals surface area contributed by atoms with E-state index in [4.69, 9.17) is 0 Å². The van der Waals surface area contributed by atoms with Crippen LogP contribution in [0.1, 0.15) is 19.3 Å². The summed E-state index contributed by atoms with van der Waals surface area (Å²) in [4.78, 5) is 0.339. The molecule has 1 saturated carbocycles. The van der Waals surface area contributed by atoms with Gasteiger partial charge in [0.25, 0.3) is 0 Å². The minimum absolute atomic E-state index is 0.121. The third kappa shape index (κ3) is 3.84. The van der Waals surface area contributed by atoms with Crippen molar-refractivity contribution < 1.29 is 8.42 Å². The second-order valence-electron chi connectivity index (χ2n) is 5.56. The molecule has 1 fully saturated rings. The molecule has 0 atom stereocenters. The molecular formula is C15H21N3O2S. The summed E-state index contributed by atoms with van der Waals surface area (Å²) < 4.78 is 27.5. The predicted molar refractivity (Wildman–Crippen MR) is 83.8 cm³/mol. The van der Waals surface area contributed by atoms with E-state index in [2.05, 4.69) is 21.4 Å². The largest absolute Gasteiger partial charge is 0.380 e. The fourth-order valence-corrected chi connectivity index (χ4v) is 3.86. The molecule has 21 heavy (non-hydrogen) atoms. The molecule has 0 aromatic heterocycles.